The van der Waals surface area contributed by atoms with E-state index in [-0.39, 0.29) is 0 Å². The minimum atomic E-state index is 0.576. The number of aromatic amines is 1. The standard InChI is InChI=1S/C17H23N3/c1-12(2)13-5-7-14(8-6-13)16-10-17(20-19-16)15-4-3-9-18-11-15/h5-8,10,12,15,18H,3-4,9,11H2,1-2H3,(H,19,20). The van der Waals surface area contributed by atoms with Gasteiger partial charge in [-0.25, -0.2) is 0 Å². The van der Waals surface area contributed by atoms with Gasteiger partial charge < -0.3 is 5.32 Å². The van der Waals surface area contributed by atoms with Gasteiger partial charge in [-0.3, -0.25) is 5.10 Å². The highest BCUT2D eigenvalue weighted by Gasteiger charge is 2.17. The number of benzene rings is 1. The van der Waals surface area contributed by atoms with Crippen molar-refractivity contribution >= 4 is 0 Å². The summed E-state index contributed by atoms with van der Waals surface area (Å²) in [6.07, 6.45) is 2.50. The second kappa shape index (κ2) is 5.80. The van der Waals surface area contributed by atoms with Crippen molar-refractivity contribution < 1.29 is 0 Å². The van der Waals surface area contributed by atoms with Crippen molar-refractivity contribution in [1.29, 1.82) is 0 Å². The molecule has 3 nitrogen and oxygen atoms in total. The van der Waals surface area contributed by atoms with Crippen molar-refractivity contribution in [3.05, 3.63) is 41.6 Å². The lowest BCUT2D eigenvalue weighted by molar-refractivity contribution is 0.454. The molecule has 0 saturated carbocycles. The number of hydrogen-bond acceptors (Lipinski definition) is 2. The highest BCUT2D eigenvalue weighted by molar-refractivity contribution is 5.60. The van der Waals surface area contributed by atoms with E-state index in [1.54, 1.807) is 0 Å². The van der Waals surface area contributed by atoms with Gasteiger partial charge in [0.05, 0.1) is 5.69 Å². The van der Waals surface area contributed by atoms with E-state index in [2.05, 4.69) is 59.7 Å². The summed E-state index contributed by atoms with van der Waals surface area (Å²) in [7, 11) is 0. The van der Waals surface area contributed by atoms with Gasteiger partial charge in [0.15, 0.2) is 0 Å². The molecule has 1 atom stereocenters. The monoisotopic (exact) mass is 269 g/mol. The molecule has 3 heteroatoms. The van der Waals surface area contributed by atoms with Crippen molar-refractivity contribution in [3.8, 4) is 11.3 Å². The third kappa shape index (κ3) is 2.78. The fourth-order valence-electron chi connectivity index (χ4n) is 2.85. The van der Waals surface area contributed by atoms with Crippen LogP contribution in [-0.4, -0.2) is 23.3 Å². The Balaban J connectivity index is 1.78. The van der Waals surface area contributed by atoms with E-state index in [1.807, 2.05) is 0 Å². The molecule has 0 spiro atoms. The summed E-state index contributed by atoms with van der Waals surface area (Å²) in [5, 5.41) is 11.2. The molecule has 1 aliphatic rings. The van der Waals surface area contributed by atoms with Crippen LogP contribution in [-0.2, 0) is 0 Å². The number of piperidine rings is 1. The fraction of sp³-hybridized carbons (Fsp3) is 0.471. The van der Waals surface area contributed by atoms with Crippen LogP contribution in [0.25, 0.3) is 11.3 Å². The molecule has 1 aromatic heterocycles. The predicted molar refractivity (Wildman–Crippen MR) is 83.0 cm³/mol. The number of aromatic nitrogens is 2. The molecule has 106 valence electrons. The number of nitrogens with one attached hydrogen (secondary N) is 2. The molecule has 20 heavy (non-hydrogen) atoms. The lowest BCUT2D eigenvalue weighted by Gasteiger charge is -2.21. The molecule has 1 aliphatic heterocycles. The fourth-order valence-corrected chi connectivity index (χ4v) is 2.85. The van der Waals surface area contributed by atoms with Crippen molar-refractivity contribution in [2.75, 3.05) is 13.1 Å². The predicted octanol–water partition coefficient (Wildman–Crippen LogP) is 3.67. The van der Waals surface area contributed by atoms with Gasteiger partial charge in [-0.2, -0.15) is 5.10 Å². The van der Waals surface area contributed by atoms with Gasteiger partial charge in [0.2, 0.25) is 0 Å². The maximum absolute atomic E-state index is 4.48. The molecule has 1 fully saturated rings. The van der Waals surface area contributed by atoms with Crippen LogP contribution in [0, 0.1) is 0 Å². The van der Waals surface area contributed by atoms with E-state index >= 15 is 0 Å². The zero-order chi connectivity index (χ0) is 13.9. The first-order valence-electron chi connectivity index (χ1n) is 7.60. The Hall–Kier alpha value is -1.61. The molecular formula is C17H23N3. The van der Waals surface area contributed by atoms with Crippen LogP contribution in [0.2, 0.25) is 0 Å². The average molecular weight is 269 g/mol. The van der Waals surface area contributed by atoms with Crippen molar-refractivity contribution in [2.24, 2.45) is 0 Å². The Morgan fingerprint density at radius 2 is 2.00 bits per heavy atom. The summed E-state index contributed by atoms with van der Waals surface area (Å²) < 4.78 is 0. The van der Waals surface area contributed by atoms with E-state index in [0.717, 1.165) is 18.8 Å². The second-order valence-corrected chi connectivity index (χ2v) is 6.03. The first-order chi connectivity index (χ1) is 9.74. The normalized spacial score (nSPS) is 19.4. The van der Waals surface area contributed by atoms with E-state index in [9.17, 15) is 0 Å². The van der Waals surface area contributed by atoms with Crippen LogP contribution in [0.15, 0.2) is 30.3 Å². The minimum Gasteiger partial charge on any atom is -0.316 e. The van der Waals surface area contributed by atoms with Gasteiger partial charge in [0, 0.05) is 23.7 Å². The molecule has 0 amide bonds. The molecule has 0 radical (unpaired) electrons. The maximum atomic E-state index is 4.48. The lowest BCUT2D eigenvalue weighted by atomic mass is 9.95. The average Bonchev–Trinajstić information content (AvgIpc) is 2.98. The van der Waals surface area contributed by atoms with Gasteiger partial charge in [-0.15, -0.1) is 0 Å². The van der Waals surface area contributed by atoms with Crippen LogP contribution >= 0.6 is 0 Å². The van der Waals surface area contributed by atoms with E-state index in [4.69, 9.17) is 0 Å². The van der Waals surface area contributed by atoms with Crippen LogP contribution in [0.1, 0.15) is 49.8 Å². The van der Waals surface area contributed by atoms with Crippen LogP contribution in [0.4, 0.5) is 0 Å². The number of hydrogen-bond donors (Lipinski definition) is 2. The Morgan fingerprint density at radius 1 is 1.20 bits per heavy atom. The molecule has 3 rings (SSSR count). The van der Waals surface area contributed by atoms with E-state index in [1.165, 1.54) is 29.7 Å². The molecule has 0 bridgehead atoms. The third-order valence-corrected chi connectivity index (χ3v) is 4.21. The minimum absolute atomic E-state index is 0.576. The highest BCUT2D eigenvalue weighted by Crippen LogP contribution is 2.26. The summed E-state index contributed by atoms with van der Waals surface area (Å²) >= 11 is 0. The molecule has 1 aromatic carbocycles. The Labute approximate surface area is 120 Å². The zero-order valence-electron chi connectivity index (χ0n) is 12.3. The van der Waals surface area contributed by atoms with Gasteiger partial charge in [-0.1, -0.05) is 38.1 Å². The first-order valence-corrected chi connectivity index (χ1v) is 7.60. The molecular weight excluding hydrogens is 246 g/mol. The topological polar surface area (TPSA) is 40.7 Å². The third-order valence-electron chi connectivity index (χ3n) is 4.21. The molecule has 0 aliphatic carbocycles. The molecule has 2 heterocycles. The molecule has 1 saturated heterocycles. The number of H-pyrrole nitrogens is 1. The van der Waals surface area contributed by atoms with Gasteiger partial charge in [0.25, 0.3) is 0 Å². The summed E-state index contributed by atoms with van der Waals surface area (Å²) in [6, 6.07) is 11.0. The van der Waals surface area contributed by atoms with Crippen LogP contribution < -0.4 is 5.32 Å². The smallest absolute Gasteiger partial charge is 0.0923 e. The quantitative estimate of drug-likeness (QED) is 0.892. The Kier molecular flexibility index (Phi) is 3.88. The van der Waals surface area contributed by atoms with Crippen molar-refractivity contribution in [2.45, 2.75) is 38.5 Å². The molecule has 2 aromatic rings. The summed E-state index contributed by atoms with van der Waals surface area (Å²) in [5.41, 5.74) is 4.89. The maximum Gasteiger partial charge on any atom is 0.0923 e. The van der Waals surface area contributed by atoms with Crippen LogP contribution in [0.3, 0.4) is 0 Å². The lowest BCUT2D eigenvalue weighted by Crippen LogP contribution is -2.28. The zero-order valence-corrected chi connectivity index (χ0v) is 12.3. The molecule has 2 N–H and O–H groups in total. The number of nitrogens with zero attached hydrogens (tertiary/aromatic N) is 1. The van der Waals surface area contributed by atoms with Gasteiger partial charge in [0.1, 0.15) is 0 Å². The number of rotatable bonds is 3. The molecule has 1 unspecified atom stereocenters. The summed E-state index contributed by atoms with van der Waals surface area (Å²) in [6.45, 7) is 6.65. The van der Waals surface area contributed by atoms with E-state index < -0.39 is 0 Å². The first kappa shape index (κ1) is 13.4. The largest absolute Gasteiger partial charge is 0.316 e. The highest BCUT2D eigenvalue weighted by atomic mass is 15.1. The van der Waals surface area contributed by atoms with Crippen molar-refractivity contribution in [3.63, 3.8) is 0 Å². The van der Waals surface area contributed by atoms with Gasteiger partial charge in [-0.05, 0) is 36.9 Å². The Bertz CT molecular complexity index is 548. The van der Waals surface area contributed by atoms with E-state index in [0.29, 0.717) is 11.8 Å². The SMILES string of the molecule is CC(C)c1ccc(-c2cc(C3CCCNC3)[nH]n2)cc1. The summed E-state index contributed by atoms with van der Waals surface area (Å²) in [4.78, 5) is 0. The van der Waals surface area contributed by atoms with Gasteiger partial charge >= 0.3 is 0 Å². The second-order valence-electron chi connectivity index (χ2n) is 6.03. The Morgan fingerprint density at radius 3 is 2.65 bits per heavy atom. The van der Waals surface area contributed by atoms with Crippen LogP contribution in [0.5, 0.6) is 0 Å². The summed E-state index contributed by atoms with van der Waals surface area (Å²) in [5.74, 6) is 1.16. The van der Waals surface area contributed by atoms with Crippen molar-refractivity contribution in [1.82, 2.24) is 15.5 Å².